The van der Waals surface area contributed by atoms with E-state index in [1.807, 2.05) is 0 Å². The number of rotatable bonds is 4. The van der Waals surface area contributed by atoms with Crippen LogP contribution >= 0.6 is 0 Å². The van der Waals surface area contributed by atoms with E-state index in [0.29, 0.717) is 0 Å². The van der Waals surface area contributed by atoms with Crippen LogP contribution in [0.5, 0.6) is 0 Å². The second-order valence-corrected chi connectivity index (χ2v) is 17.0. The molecule has 0 saturated heterocycles. The molecule has 8 aromatic carbocycles. The Labute approximate surface area is 336 Å². The van der Waals surface area contributed by atoms with Gasteiger partial charge in [0.15, 0.2) is 0 Å². The summed E-state index contributed by atoms with van der Waals surface area (Å²) in [5.74, 6) is 0. The Bertz CT molecular complexity index is 2870. The lowest BCUT2D eigenvalue weighted by Crippen LogP contribution is -2.30. The zero-order chi connectivity index (χ0) is 38.5. The van der Waals surface area contributed by atoms with Crippen molar-refractivity contribution in [1.29, 1.82) is 0 Å². The number of hydrogen-bond donors (Lipinski definition) is 0. The van der Waals surface area contributed by atoms with Crippen LogP contribution in [-0.4, -0.2) is 0 Å². The molecule has 2 nitrogen and oxygen atoms in total. The molecule has 0 amide bonds. The molecule has 0 spiro atoms. The molecule has 0 saturated carbocycles. The molecule has 8 aromatic rings. The zero-order valence-corrected chi connectivity index (χ0v) is 32.9. The molecule has 2 heterocycles. The van der Waals surface area contributed by atoms with Crippen LogP contribution in [-0.2, 0) is 17.3 Å². The number of nitrogens with zero attached hydrogens (tertiary/aromatic N) is 2. The molecule has 0 fully saturated rings. The summed E-state index contributed by atoms with van der Waals surface area (Å²) in [6.45, 7) is 9.46. The Balaban J connectivity index is 0.952. The molecule has 1 aliphatic carbocycles. The topological polar surface area (TPSA) is 6.48 Å². The van der Waals surface area contributed by atoms with Crippen LogP contribution in [0.25, 0.3) is 34.1 Å². The summed E-state index contributed by atoms with van der Waals surface area (Å²) < 4.78 is 0. The average Bonchev–Trinajstić information content (AvgIpc) is 3.47. The molecule has 0 aromatic heterocycles. The van der Waals surface area contributed by atoms with Crippen molar-refractivity contribution in [3.05, 3.63) is 214 Å². The van der Waals surface area contributed by atoms with Gasteiger partial charge in [0.2, 0.25) is 0 Å². The van der Waals surface area contributed by atoms with Crippen molar-refractivity contribution < 1.29 is 0 Å². The highest BCUT2D eigenvalue weighted by Gasteiger charge is 2.38. The first kappa shape index (κ1) is 33.7. The minimum absolute atomic E-state index is 0.0952. The van der Waals surface area contributed by atoms with E-state index in [9.17, 15) is 0 Å². The smallest absolute Gasteiger partial charge is 0.0540 e. The van der Waals surface area contributed by atoms with Crippen LogP contribution in [0.2, 0.25) is 0 Å². The number of hydrogen-bond acceptors (Lipinski definition) is 2. The van der Waals surface area contributed by atoms with Crippen molar-refractivity contribution in [3.8, 4) is 11.1 Å². The van der Waals surface area contributed by atoms with Crippen molar-refractivity contribution in [2.24, 2.45) is 0 Å². The Morgan fingerprint density at radius 1 is 0.404 bits per heavy atom. The van der Waals surface area contributed by atoms with Gasteiger partial charge in [0.25, 0.3) is 0 Å². The minimum Gasteiger partial charge on any atom is -0.310 e. The Morgan fingerprint density at radius 2 is 0.930 bits per heavy atom. The molecule has 2 aliphatic heterocycles. The van der Waals surface area contributed by atoms with Crippen molar-refractivity contribution in [1.82, 2.24) is 0 Å². The second-order valence-electron chi connectivity index (χ2n) is 17.0. The molecule has 3 aliphatic rings. The van der Waals surface area contributed by atoms with Crippen LogP contribution in [0.4, 0.5) is 34.1 Å². The van der Waals surface area contributed by atoms with Crippen LogP contribution in [0.3, 0.4) is 0 Å². The van der Waals surface area contributed by atoms with Crippen molar-refractivity contribution in [2.75, 3.05) is 9.80 Å². The summed E-state index contributed by atoms with van der Waals surface area (Å²) in [7, 11) is 0. The first-order chi connectivity index (χ1) is 27.8. The fourth-order valence-electron chi connectivity index (χ4n) is 10.1. The monoisotopic (exact) mass is 732 g/mol. The summed E-state index contributed by atoms with van der Waals surface area (Å²) in [5.41, 5.74) is 20.5. The van der Waals surface area contributed by atoms with Gasteiger partial charge in [0.05, 0.1) is 17.1 Å². The van der Waals surface area contributed by atoms with Crippen LogP contribution in [0.1, 0.15) is 72.2 Å². The highest BCUT2D eigenvalue weighted by atomic mass is 15.2. The fraction of sp³-hybridized carbons (Fsp3) is 0.127. The van der Waals surface area contributed by atoms with Crippen molar-refractivity contribution in [3.63, 3.8) is 0 Å². The van der Waals surface area contributed by atoms with Gasteiger partial charge in [-0.05, 0) is 103 Å². The van der Waals surface area contributed by atoms with Gasteiger partial charge in [-0.15, -0.1) is 0 Å². The first-order valence-corrected chi connectivity index (χ1v) is 20.2. The highest BCUT2D eigenvalue weighted by Crippen LogP contribution is 2.54. The predicted octanol–water partition coefficient (Wildman–Crippen LogP) is 14.8. The van der Waals surface area contributed by atoms with E-state index < -0.39 is 0 Å². The third-order valence-electron chi connectivity index (χ3n) is 13.1. The SMILES string of the molecule is CC1(C)c2cc(/C=C/c3ccc(N4c5ccccc5C(C)(C)c5ccccc54)c4ccccc34)ccc2-c2ccc(N3c4ccccc4Cc4ccccc43)cc21. The molecule has 0 N–H and O–H groups in total. The van der Waals surface area contributed by atoms with E-state index in [-0.39, 0.29) is 10.8 Å². The quantitative estimate of drug-likeness (QED) is 0.166. The third kappa shape index (κ3) is 5.03. The molecule has 274 valence electrons. The van der Waals surface area contributed by atoms with E-state index in [1.54, 1.807) is 0 Å². The van der Waals surface area contributed by atoms with Crippen LogP contribution in [0.15, 0.2) is 170 Å². The lowest BCUT2D eigenvalue weighted by molar-refractivity contribution is 0.632. The highest BCUT2D eigenvalue weighted by molar-refractivity contribution is 6.05. The van der Waals surface area contributed by atoms with Gasteiger partial charge < -0.3 is 9.80 Å². The van der Waals surface area contributed by atoms with Gasteiger partial charge in [-0.25, -0.2) is 0 Å². The van der Waals surface area contributed by atoms with Gasteiger partial charge in [-0.2, -0.15) is 0 Å². The Morgan fingerprint density at radius 3 is 1.60 bits per heavy atom. The molecule has 0 atom stereocenters. The van der Waals surface area contributed by atoms with Gasteiger partial charge >= 0.3 is 0 Å². The molecule has 0 radical (unpaired) electrons. The Kier molecular flexibility index (Phi) is 7.35. The number of anilines is 6. The van der Waals surface area contributed by atoms with Gasteiger partial charge in [-0.1, -0.05) is 167 Å². The molecule has 0 unspecified atom stereocenters. The number of benzene rings is 8. The zero-order valence-electron chi connectivity index (χ0n) is 32.9. The van der Waals surface area contributed by atoms with Crippen molar-refractivity contribution in [2.45, 2.75) is 44.9 Å². The molecule has 11 rings (SSSR count). The van der Waals surface area contributed by atoms with Gasteiger partial charge in [0, 0.05) is 39.7 Å². The van der Waals surface area contributed by atoms with E-state index in [2.05, 4.69) is 220 Å². The minimum atomic E-state index is -0.150. The Hall–Kier alpha value is -6.64. The second kappa shape index (κ2) is 12.4. The summed E-state index contributed by atoms with van der Waals surface area (Å²) in [4.78, 5) is 4.93. The lowest BCUT2D eigenvalue weighted by atomic mass is 9.73. The first-order valence-electron chi connectivity index (χ1n) is 20.2. The van der Waals surface area contributed by atoms with E-state index >= 15 is 0 Å². The van der Waals surface area contributed by atoms with Crippen LogP contribution < -0.4 is 9.80 Å². The summed E-state index contributed by atoms with van der Waals surface area (Å²) in [6, 6.07) is 63.1. The number of para-hydroxylation sites is 4. The molecule has 0 bridgehead atoms. The maximum atomic E-state index is 2.47. The summed E-state index contributed by atoms with van der Waals surface area (Å²) in [5, 5.41) is 2.48. The van der Waals surface area contributed by atoms with Crippen molar-refractivity contribution >= 4 is 57.0 Å². The van der Waals surface area contributed by atoms with Gasteiger partial charge in [-0.3, -0.25) is 0 Å². The summed E-state index contributed by atoms with van der Waals surface area (Å²) >= 11 is 0. The maximum Gasteiger partial charge on any atom is 0.0540 e. The normalized spacial score (nSPS) is 15.4. The van der Waals surface area contributed by atoms with E-state index in [0.717, 1.165) is 6.42 Å². The van der Waals surface area contributed by atoms with E-state index in [4.69, 9.17) is 0 Å². The average molecular weight is 733 g/mol. The third-order valence-corrected chi connectivity index (χ3v) is 13.1. The van der Waals surface area contributed by atoms with E-state index in [1.165, 1.54) is 101 Å². The maximum absolute atomic E-state index is 2.47. The van der Waals surface area contributed by atoms with Gasteiger partial charge in [0.1, 0.15) is 0 Å². The molecular formula is C55H44N2. The molecule has 57 heavy (non-hydrogen) atoms. The van der Waals surface area contributed by atoms with Crippen LogP contribution in [0, 0.1) is 0 Å². The largest absolute Gasteiger partial charge is 0.310 e. The standard InChI is InChI=1S/C55H44N2/c1-54(2)45-19-9-13-23-52(45)57(53-24-14-10-20-46(53)54)51-32-28-37(41-17-7-8-18-44(41)51)27-25-36-26-30-42-43-31-29-40(35-48(43)55(3,4)47(42)33-36)56-49-21-11-5-15-38(49)34-39-16-6-12-22-50(39)56/h5-33,35H,34H2,1-4H3/b27-25+. The molecular weight excluding hydrogens is 689 g/mol. The predicted molar refractivity (Wildman–Crippen MR) is 241 cm³/mol. The molecule has 2 heteroatoms. The lowest BCUT2D eigenvalue weighted by Gasteiger charge is -2.42. The fourth-order valence-corrected chi connectivity index (χ4v) is 10.1. The summed E-state index contributed by atoms with van der Waals surface area (Å²) in [6.07, 6.45) is 5.55. The number of fused-ring (bicyclic) bond motifs is 8.